The summed E-state index contributed by atoms with van der Waals surface area (Å²) in [5, 5.41) is 8.44. The number of anilines is 1. The predicted octanol–water partition coefficient (Wildman–Crippen LogP) is 3.61. The molecule has 1 N–H and O–H groups in total. The molecule has 4 heteroatoms. The van der Waals surface area contributed by atoms with E-state index in [2.05, 4.69) is 42.5 Å². The van der Waals surface area contributed by atoms with Crippen molar-refractivity contribution in [1.82, 2.24) is 9.78 Å². The highest BCUT2D eigenvalue weighted by atomic mass is 35.5. The van der Waals surface area contributed by atoms with E-state index in [9.17, 15) is 0 Å². The topological polar surface area (TPSA) is 29.9 Å². The lowest BCUT2D eigenvalue weighted by Gasteiger charge is -2.09. The van der Waals surface area contributed by atoms with Crippen molar-refractivity contribution >= 4 is 17.3 Å². The Morgan fingerprint density at radius 1 is 1.17 bits per heavy atom. The maximum absolute atomic E-state index is 6.22. The van der Waals surface area contributed by atoms with Crippen LogP contribution in [0.3, 0.4) is 0 Å². The van der Waals surface area contributed by atoms with Gasteiger partial charge in [0.2, 0.25) is 0 Å². The first-order valence-corrected chi connectivity index (χ1v) is 6.35. The van der Waals surface area contributed by atoms with Gasteiger partial charge in [-0.15, -0.1) is 0 Å². The lowest BCUT2D eigenvalue weighted by atomic mass is 10.1. The summed E-state index contributed by atoms with van der Waals surface area (Å²) in [5.41, 5.74) is 5.50. The lowest BCUT2D eigenvalue weighted by molar-refractivity contribution is 0.713. The molecule has 0 radical (unpaired) electrons. The van der Waals surface area contributed by atoms with Gasteiger partial charge in [-0.1, -0.05) is 17.7 Å². The summed E-state index contributed by atoms with van der Waals surface area (Å²) in [4.78, 5) is 0. The molecule has 0 atom stereocenters. The van der Waals surface area contributed by atoms with E-state index in [0.29, 0.717) is 6.54 Å². The maximum Gasteiger partial charge on any atom is 0.0865 e. The fourth-order valence-corrected chi connectivity index (χ4v) is 2.36. The van der Waals surface area contributed by atoms with Crippen LogP contribution in [0.5, 0.6) is 0 Å². The van der Waals surface area contributed by atoms with Crippen LogP contribution in [0.2, 0.25) is 5.02 Å². The lowest BCUT2D eigenvalue weighted by Crippen LogP contribution is -2.06. The Bertz CT molecular complexity index is 552. The van der Waals surface area contributed by atoms with Crippen molar-refractivity contribution in [2.45, 2.75) is 27.3 Å². The Labute approximate surface area is 113 Å². The number of benzene rings is 1. The Morgan fingerprint density at radius 3 is 2.28 bits per heavy atom. The van der Waals surface area contributed by atoms with Crippen molar-refractivity contribution < 1.29 is 0 Å². The summed E-state index contributed by atoms with van der Waals surface area (Å²) in [5.74, 6) is 0. The molecule has 0 spiro atoms. The van der Waals surface area contributed by atoms with E-state index in [-0.39, 0.29) is 0 Å². The summed E-state index contributed by atoms with van der Waals surface area (Å²) < 4.78 is 1.83. The molecule has 2 rings (SSSR count). The van der Waals surface area contributed by atoms with Crippen molar-refractivity contribution in [3.63, 3.8) is 0 Å². The van der Waals surface area contributed by atoms with Crippen molar-refractivity contribution in [3.8, 4) is 0 Å². The predicted molar refractivity (Wildman–Crippen MR) is 76.2 cm³/mol. The number of halogens is 1. The van der Waals surface area contributed by atoms with Gasteiger partial charge >= 0.3 is 0 Å². The van der Waals surface area contributed by atoms with Crippen LogP contribution in [0, 0.1) is 20.8 Å². The fourth-order valence-electron chi connectivity index (χ4n) is 2.13. The first-order valence-electron chi connectivity index (χ1n) is 5.97. The molecule has 0 aliphatic heterocycles. The zero-order chi connectivity index (χ0) is 13.3. The minimum absolute atomic E-state index is 0.680. The number of nitrogens with one attached hydrogen (secondary N) is 1. The van der Waals surface area contributed by atoms with Gasteiger partial charge < -0.3 is 5.32 Å². The summed E-state index contributed by atoms with van der Waals surface area (Å²) >= 11 is 6.22. The van der Waals surface area contributed by atoms with E-state index in [0.717, 1.165) is 22.1 Å². The molecule has 0 aliphatic rings. The molecule has 1 aromatic heterocycles. The normalized spacial score (nSPS) is 10.7. The van der Waals surface area contributed by atoms with Crippen LogP contribution in [0.15, 0.2) is 18.2 Å². The van der Waals surface area contributed by atoms with E-state index < -0.39 is 0 Å². The summed E-state index contributed by atoms with van der Waals surface area (Å²) in [7, 11) is 1.91. The maximum atomic E-state index is 6.22. The van der Waals surface area contributed by atoms with Gasteiger partial charge in [0.1, 0.15) is 0 Å². The number of rotatable bonds is 3. The second-order valence-electron chi connectivity index (χ2n) is 4.70. The van der Waals surface area contributed by atoms with E-state index in [1.807, 2.05) is 18.7 Å². The molecule has 96 valence electrons. The molecule has 2 aromatic rings. The molecule has 1 aromatic carbocycles. The monoisotopic (exact) mass is 263 g/mol. The molecular formula is C14H18ClN3. The Balaban J connectivity index is 2.16. The third kappa shape index (κ3) is 2.67. The third-order valence-corrected chi connectivity index (χ3v) is 3.43. The van der Waals surface area contributed by atoms with Crippen LogP contribution < -0.4 is 5.32 Å². The third-order valence-electron chi connectivity index (χ3n) is 2.94. The van der Waals surface area contributed by atoms with Gasteiger partial charge in [0.25, 0.3) is 0 Å². The average Bonchev–Trinajstić information content (AvgIpc) is 2.50. The van der Waals surface area contributed by atoms with Gasteiger partial charge in [0.05, 0.1) is 23.0 Å². The van der Waals surface area contributed by atoms with Crippen LogP contribution in [-0.2, 0) is 13.6 Å². The molecular weight excluding hydrogens is 246 g/mol. The minimum atomic E-state index is 0.680. The minimum Gasteiger partial charge on any atom is -0.379 e. The SMILES string of the molecule is Cc1cc(C)cc(NCc2c(Cl)c(C)nn2C)c1. The van der Waals surface area contributed by atoms with Crippen molar-refractivity contribution in [1.29, 1.82) is 0 Å². The second kappa shape index (κ2) is 5.02. The second-order valence-corrected chi connectivity index (χ2v) is 5.08. The molecule has 0 fully saturated rings. The molecule has 3 nitrogen and oxygen atoms in total. The highest BCUT2D eigenvalue weighted by Crippen LogP contribution is 2.21. The van der Waals surface area contributed by atoms with Crippen LogP contribution in [0.25, 0.3) is 0 Å². The number of hydrogen-bond acceptors (Lipinski definition) is 2. The Hall–Kier alpha value is -1.48. The first-order chi connectivity index (χ1) is 8.47. The van der Waals surface area contributed by atoms with E-state index in [4.69, 9.17) is 11.6 Å². The molecule has 0 unspecified atom stereocenters. The molecule has 0 saturated heterocycles. The number of hydrogen-bond donors (Lipinski definition) is 1. The highest BCUT2D eigenvalue weighted by molar-refractivity contribution is 6.31. The van der Waals surface area contributed by atoms with Crippen molar-refractivity contribution in [3.05, 3.63) is 45.7 Å². The molecule has 0 aliphatic carbocycles. The van der Waals surface area contributed by atoms with Crippen molar-refractivity contribution in [2.24, 2.45) is 7.05 Å². The quantitative estimate of drug-likeness (QED) is 0.917. The molecule has 0 bridgehead atoms. The zero-order valence-electron chi connectivity index (χ0n) is 11.2. The zero-order valence-corrected chi connectivity index (χ0v) is 12.0. The van der Waals surface area contributed by atoms with Crippen LogP contribution >= 0.6 is 11.6 Å². The molecule has 18 heavy (non-hydrogen) atoms. The van der Waals surface area contributed by atoms with Crippen molar-refractivity contribution in [2.75, 3.05) is 5.32 Å². The highest BCUT2D eigenvalue weighted by Gasteiger charge is 2.10. The smallest absolute Gasteiger partial charge is 0.0865 e. The van der Waals surface area contributed by atoms with Gasteiger partial charge in [-0.25, -0.2) is 0 Å². The number of nitrogens with zero attached hydrogens (tertiary/aromatic N) is 2. The van der Waals surface area contributed by atoms with Crippen LogP contribution in [0.1, 0.15) is 22.5 Å². The van der Waals surface area contributed by atoms with Crippen LogP contribution in [0.4, 0.5) is 5.69 Å². The van der Waals surface area contributed by atoms with Gasteiger partial charge in [0.15, 0.2) is 0 Å². The van der Waals surface area contributed by atoms with E-state index in [1.165, 1.54) is 11.1 Å². The molecule has 0 amide bonds. The fraction of sp³-hybridized carbons (Fsp3) is 0.357. The summed E-state index contributed by atoms with van der Waals surface area (Å²) in [6, 6.07) is 6.42. The average molecular weight is 264 g/mol. The summed E-state index contributed by atoms with van der Waals surface area (Å²) in [6.45, 7) is 6.79. The first kappa shape index (κ1) is 13.0. The Morgan fingerprint density at radius 2 is 1.78 bits per heavy atom. The molecule has 0 saturated carbocycles. The van der Waals surface area contributed by atoms with Gasteiger partial charge in [-0.2, -0.15) is 5.10 Å². The van der Waals surface area contributed by atoms with E-state index >= 15 is 0 Å². The standard InChI is InChI=1S/C14H18ClN3/c1-9-5-10(2)7-12(6-9)16-8-13-14(15)11(3)17-18(13)4/h5-7,16H,8H2,1-4H3. The Kier molecular flexibility index (Phi) is 3.62. The largest absolute Gasteiger partial charge is 0.379 e. The van der Waals surface area contributed by atoms with E-state index in [1.54, 1.807) is 0 Å². The number of aromatic nitrogens is 2. The van der Waals surface area contributed by atoms with Gasteiger partial charge in [0, 0.05) is 12.7 Å². The van der Waals surface area contributed by atoms with Gasteiger partial charge in [-0.05, 0) is 44.0 Å². The van der Waals surface area contributed by atoms with Gasteiger partial charge in [-0.3, -0.25) is 4.68 Å². The van der Waals surface area contributed by atoms with Crippen LogP contribution in [-0.4, -0.2) is 9.78 Å². The number of aryl methyl sites for hydroxylation is 4. The summed E-state index contributed by atoms with van der Waals surface area (Å²) in [6.07, 6.45) is 0. The molecule has 1 heterocycles.